The maximum atomic E-state index is 10.1. The first kappa shape index (κ1) is 13.6. The number of rotatable bonds is 4. The van der Waals surface area contributed by atoms with Crippen LogP contribution in [0.25, 0.3) is 0 Å². The van der Waals surface area contributed by atoms with E-state index in [9.17, 15) is 5.11 Å². The topological polar surface area (TPSA) is 49.5 Å². The highest BCUT2D eigenvalue weighted by atomic mass is 32.1. The molecule has 0 radical (unpaired) electrons. The Morgan fingerprint density at radius 3 is 2.95 bits per heavy atom. The van der Waals surface area contributed by atoms with Crippen molar-refractivity contribution in [2.75, 3.05) is 13.1 Å². The van der Waals surface area contributed by atoms with Gasteiger partial charge in [0.2, 0.25) is 0 Å². The van der Waals surface area contributed by atoms with E-state index in [1.807, 2.05) is 0 Å². The van der Waals surface area contributed by atoms with E-state index in [4.69, 9.17) is 5.73 Å². The van der Waals surface area contributed by atoms with Crippen LogP contribution in [-0.2, 0) is 0 Å². The number of hydrogen-bond donors (Lipinski definition) is 2. The Balaban J connectivity index is 1.78. The third kappa shape index (κ3) is 2.47. The molecule has 3 nitrogen and oxygen atoms in total. The van der Waals surface area contributed by atoms with Crippen molar-refractivity contribution in [2.45, 2.75) is 44.4 Å². The van der Waals surface area contributed by atoms with E-state index in [1.165, 1.54) is 12.0 Å². The van der Waals surface area contributed by atoms with E-state index < -0.39 is 0 Å². The van der Waals surface area contributed by atoms with Crippen LogP contribution in [0.1, 0.15) is 37.8 Å². The number of likely N-dealkylation sites (tertiary alicyclic amines) is 1. The molecule has 2 aliphatic rings. The van der Waals surface area contributed by atoms with Crippen molar-refractivity contribution in [1.29, 1.82) is 0 Å². The summed E-state index contributed by atoms with van der Waals surface area (Å²) < 4.78 is 0. The van der Waals surface area contributed by atoms with Crippen LogP contribution in [0.5, 0.6) is 0 Å². The molecular weight excluding hydrogens is 256 g/mol. The largest absolute Gasteiger partial charge is 0.393 e. The number of nitrogens with zero attached hydrogens (tertiary/aromatic N) is 1. The number of fused-ring (bicyclic) bond motifs is 1. The molecule has 2 fully saturated rings. The predicted octanol–water partition coefficient (Wildman–Crippen LogP) is 2.23. The van der Waals surface area contributed by atoms with Gasteiger partial charge in [-0.2, -0.15) is 11.3 Å². The van der Waals surface area contributed by atoms with Crippen LogP contribution >= 0.6 is 11.3 Å². The highest BCUT2D eigenvalue weighted by Gasteiger charge is 2.44. The predicted molar refractivity (Wildman–Crippen MR) is 79.1 cm³/mol. The molecule has 1 aliphatic heterocycles. The van der Waals surface area contributed by atoms with Gasteiger partial charge >= 0.3 is 0 Å². The third-order valence-electron chi connectivity index (χ3n) is 5.00. The Kier molecular flexibility index (Phi) is 3.94. The van der Waals surface area contributed by atoms with Crippen molar-refractivity contribution >= 4 is 11.3 Å². The van der Waals surface area contributed by atoms with E-state index in [-0.39, 0.29) is 12.1 Å². The molecule has 0 bridgehead atoms. The highest BCUT2D eigenvalue weighted by Crippen LogP contribution is 2.42. The van der Waals surface area contributed by atoms with Crippen LogP contribution in [0.3, 0.4) is 0 Å². The summed E-state index contributed by atoms with van der Waals surface area (Å²) in [5.74, 6) is 1.16. The van der Waals surface area contributed by atoms with Crippen molar-refractivity contribution in [3.05, 3.63) is 22.4 Å². The Bertz CT molecular complexity index is 408. The maximum Gasteiger partial charge on any atom is 0.0583 e. The summed E-state index contributed by atoms with van der Waals surface area (Å²) in [6.07, 6.45) is 3.08. The molecule has 3 N–H and O–H groups in total. The van der Waals surface area contributed by atoms with Gasteiger partial charge in [-0.25, -0.2) is 0 Å². The minimum atomic E-state index is -0.0871. The molecule has 2 heterocycles. The lowest BCUT2D eigenvalue weighted by Gasteiger charge is -2.32. The Morgan fingerprint density at radius 2 is 2.32 bits per heavy atom. The molecule has 1 aromatic heterocycles. The normalized spacial score (nSPS) is 34.4. The van der Waals surface area contributed by atoms with Gasteiger partial charge in [-0.1, -0.05) is 6.92 Å². The van der Waals surface area contributed by atoms with Gasteiger partial charge in [-0.05, 0) is 47.6 Å². The Labute approximate surface area is 119 Å². The van der Waals surface area contributed by atoms with Crippen LogP contribution in [0.4, 0.5) is 0 Å². The van der Waals surface area contributed by atoms with Gasteiger partial charge < -0.3 is 10.8 Å². The minimum Gasteiger partial charge on any atom is -0.393 e. The van der Waals surface area contributed by atoms with Crippen LogP contribution in [0, 0.1) is 11.8 Å². The average Bonchev–Trinajstić information content (AvgIpc) is 3.10. The van der Waals surface area contributed by atoms with E-state index in [1.54, 1.807) is 11.3 Å². The van der Waals surface area contributed by atoms with Gasteiger partial charge in [0.05, 0.1) is 12.1 Å². The monoisotopic (exact) mass is 280 g/mol. The van der Waals surface area contributed by atoms with E-state index >= 15 is 0 Å². The Hall–Kier alpha value is -0.420. The van der Waals surface area contributed by atoms with Gasteiger partial charge in [-0.3, -0.25) is 4.90 Å². The van der Waals surface area contributed by atoms with Gasteiger partial charge in [0.25, 0.3) is 0 Å². The quantitative estimate of drug-likeness (QED) is 0.889. The molecule has 0 amide bonds. The standard InChI is InChI=1S/C15H24N2OS/c1-2-13(16)15(11-5-6-19-9-11)17-7-10-3-4-14(18)12(10)8-17/h5-6,9-10,12-15,18H,2-4,7-8,16H2,1H3. The molecule has 4 heteroatoms. The zero-order chi connectivity index (χ0) is 13.4. The lowest BCUT2D eigenvalue weighted by atomic mass is 9.99. The van der Waals surface area contributed by atoms with Gasteiger partial charge in [0.1, 0.15) is 0 Å². The zero-order valence-corrected chi connectivity index (χ0v) is 12.4. The summed E-state index contributed by atoms with van der Waals surface area (Å²) in [6, 6.07) is 2.72. The lowest BCUT2D eigenvalue weighted by molar-refractivity contribution is 0.114. The number of nitrogens with two attached hydrogens (primary N) is 1. The van der Waals surface area contributed by atoms with Gasteiger partial charge in [-0.15, -0.1) is 0 Å². The first-order chi connectivity index (χ1) is 9.20. The molecule has 19 heavy (non-hydrogen) atoms. The summed E-state index contributed by atoms with van der Waals surface area (Å²) in [7, 11) is 0. The van der Waals surface area contributed by atoms with Gasteiger partial charge in [0, 0.05) is 25.0 Å². The van der Waals surface area contributed by atoms with E-state index in [0.29, 0.717) is 17.9 Å². The van der Waals surface area contributed by atoms with Crippen molar-refractivity contribution < 1.29 is 5.11 Å². The fourth-order valence-electron chi connectivity index (χ4n) is 3.89. The summed E-state index contributed by atoms with van der Waals surface area (Å²) >= 11 is 1.74. The van der Waals surface area contributed by atoms with Crippen LogP contribution in [0.2, 0.25) is 0 Å². The summed E-state index contributed by atoms with van der Waals surface area (Å²) in [5.41, 5.74) is 7.73. The average molecular weight is 280 g/mol. The minimum absolute atomic E-state index is 0.0871. The first-order valence-electron chi connectivity index (χ1n) is 7.40. The van der Waals surface area contributed by atoms with Crippen molar-refractivity contribution in [1.82, 2.24) is 4.90 Å². The van der Waals surface area contributed by atoms with Crippen molar-refractivity contribution in [3.63, 3.8) is 0 Å². The fourth-order valence-corrected chi connectivity index (χ4v) is 4.58. The molecule has 3 rings (SSSR count). The fraction of sp³-hybridized carbons (Fsp3) is 0.733. The zero-order valence-electron chi connectivity index (χ0n) is 11.5. The van der Waals surface area contributed by atoms with Crippen molar-refractivity contribution in [3.8, 4) is 0 Å². The number of thiophene rings is 1. The molecule has 5 atom stereocenters. The second kappa shape index (κ2) is 5.52. The smallest absolute Gasteiger partial charge is 0.0583 e. The second-order valence-electron chi connectivity index (χ2n) is 6.10. The highest BCUT2D eigenvalue weighted by molar-refractivity contribution is 7.07. The third-order valence-corrected chi connectivity index (χ3v) is 5.70. The molecule has 1 saturated heterocycles. The molecule has 0 aromatic carbocycles. The van der Waals surface area contributed by atoms with Gasteiger partial charge in [0.15, 0.2) is 0 Å². The van der Waals surface area contributed by atoms with Crippen LogP contribution in [-0.4, -0.2) is 35.2 Å². The molecular formula is C15H24N2OS. The molecule has 0 spiro atoms. The molecule has 106 valence electrons. The second-order valence-corrected chi connectivity index (χ2v) is 6.88. The number of hydrogen-bond acceptors (Lipinski definition) is 4. The summed E-state index contributed by atoms with van der Waals surface area (Å²) in [4.78, 5) is 2.52. The van der Waals surface area contributed by atoms with Crippen LogP contribution < -0.4 is 5.73 Å². The first-order valence-corrected chi connectivity index (χ1v) is 8.34. The Morgan fingerprint density at radius 1 is 1.47 bits per heavy atom. The van der Waals surface area contributed by atoms with Crippen LogP contribution in [0.15, 0.2) is 16.8 Å². The molecule has 1 saturated carbocycles. The lowest BCUT2D eigenvalue weighted by Crippen LogP contribution is -2.40. The molecule has 1 aliphatic carbocycles. The molecule has 1 aromatic rings. The molecule has 5 unspecified atom stereocenters. The number of aliphatic hydroxyl groups is 1. The summed E-state index contributed by atoms with van der Waals surface area (Å²) in [5, 5.41) is 14.4. The van der Waals surface area contributed by atoms with Crippen molar-refractivity contribution in [2.24, 2.45) is 17.6 Å². The maximum absolute atomic E-state index is 10.1. The van der Waals surface area contributed by atoms with E-state index in [2.05, 4.69) is 28.7 Å². The summed E-state index contributed by atoms with van der Waals surface area (Å²) in [6.45, 7) is 4.28. The number of aliphatic hydroxyl groups excluding tert-OH is 1. The SMILES string of the molecule is CCC(N)C(c1ccsc1)N1CC2CCC(O)C2C1. The van der Waals surface area contributed by atoms with E-state index in [0.717, 1.165) is 25.9 Å².